The van der Waals surface area contributed by atoms with Crippen LogP contribution in [0.25, 0.3) is 11.2 Å². The van der Waals surface area contributed by atoms with E-state index in [-0.39, 0.29) is 13.1 Å². The first kappa shape index (κ1) is 18.4. The number of para-hydroxylation sites is 1. The molecule has 0 saturated carbocycles. The Kier molecular flexibility index (Phi) is 4.29. The summed E-state index contributed by atoms with van der Waals surface area (Å²) in [6, 6.07) is 19.0. The van der Waals surface area contributed by atoms with Crippen LogP contribution in [-0.4, -0.2) is 36.4 Å². The minimum atomic E-state index is -0.672. The third kappa shape index (κ3) is 2.84. The van der Waals surface area contributed by atoms with Crippen molar-refractivity contribution in [3.05, 3.63) is 87.1 Å². The van der Waals surface area contributed by atoms with E-state index >= 15 is 0 Å². The molecule has 8 nitrogen and oxygen atoms in total. The van der Waals surface area contributed by atoms with Gasteiger partial charge in [-0.3, -0.25) is 13.9 Å². The van der Waals surface area contributed by atoms with Gasteiger partial charge in [0.25, 0.3) is 5.56 Å². The third-order valence-electron chi connectivity index (χ3n) is 5.49. The summed E-state index contributed by atoms with van der Waals surface area (Å²) in [7, 11) is 1.62. The van der Waals surface area contributed by atoms with Crippen LogP contribution >= 0.6 is 0 Å². The summed E-state index contributed by atoms with van der Waals surface area (Å²) in [6.45, 7) is 0.779. The SMILES string of the molecule is Cn1c(=O)n(Cc2ccccc2)c(=O)c2c1nc1n2C[C@H](O)CN1c1ccccc1. The van der Waals surface area contributed by atoms with Crippen LogP contribution in [0.1, 0.15) is 5.56 Å². The smallest absolute Gasteiger partial charge is 0.332 e. The number of aryl methyl sites for hydroxylation is 1. The van der Waals surface area contributed by atoms with Crippen molar-refractivity contribution in [2.75, 3.05) is 11.4 Å². The molecule has 0 spiro atoms. The maximum atomic E-state index is 13.4. The molecule has 30 heavy (non-hydrogen) atoms. The van der Waals surface area contributed by atoms with Crippen molar-refractivity contribution >= 4 is 22.8 Å². The molecule has 2 aromatic carbocycles. The molecule has 152 valence electrons. The Morgan fingerprint density at radius 2 is 1.67 bits per heavy atom. The molecule has 2 aromatic heterocycles. The van der Waals surface area contributed by atoms with Crippen LogP contribution in [0.2, 0.25) is 0 Å². The second-order valence-corrected chi connectivity index (χ2v) is 7.51. The first-order valence-corrected chi connectivity index (χ1v) is 9.79. The zero-order chi connectivity index (χ0) is 20.8. The lowest BCUT2D eigenvalue weighted by Gasteiger charge is -2.32. The summed E-state index contributed by atoms with van der Waals surface area (Å²) < 4.78 is 4.35. The van der Waals surface area contributed by atoms with E-state index in [0.717, 1.165) is 11.3 Å². The predicted molar refractivity (Wildman–Crippen MR) is 114 cm³/mol. The minimum absolute atomic E-state index is 0.174. The van der Waals surface area contributed by atoms with Crippen LogP contribution in [0, 0.1) is 0 Å². The number of imidazole rings is 1. The molecule has 1 aliphatic heterocycles. The normalized spacial score (nSPS) is 16.1. The van der Waals surface area contributed by atoms with Crippen molar-refractivity contribution < 1.29 is 5.11 Å². The van der Waals surface area contributed by atoms with Crippen LogP contribution in [0.5, 0.6) is 0 Å². The third-order valence-corrected chi connectivity index (χ3v) is 5.49. The summed E-state index contributed by atoms with van der Waals surface area (Å²) in [5, 5.41) is 10.5. The lowest BCUT2D eigenvalue weighted by Crippen LogP contribution is -2.41. The molecular formula is C22H21N5O3. The molecule has 0 amide bonds. The highest BCUT2D eigenvalue weighted by molar-refractivity contribution is 5.77. The lowest BCUT2D eigenvalue weighted by atomic mass is 10.2. The number of aliphatic hydroxyl groups excluding tert-OH is 1. The topological polar surface area (TPSA) is 85.3 Å². The largest absolute Gasteiger partial charge is 0.389 e. The molecule has 8 heteroatoms. The van der Waals surface area contributed by atoms with Crippen LogP contribution in [0.3, 0.4) is 0 Å². The molecule has 0 saturated heterocycles. The predicted octanol–water partition coefficient (Wildman–Crippen LogP) is 1.46. The van der Waals surface area contributed by atoms with Gasteiger partial charge < -0.3 is 14.6 Å². The number of aromatic nitrogens is 4. The number of β-amino-alcohol motifs (C(OH)–C–C–N with tert-alkyl or cyclic N) is 1. The lowest BCUT2D eigenvalue weighted by molar-refractivity contribution is 0.154. The van der Waals surface area contributed by atoms with Gasteiger partial charge in [-0.05, 0) is 17.7 Å². The molecule has 0 unspecified atom stereocenters. The molecule has 1 aliphatic rings. The minimum Gasteiger partial charge on any atom is -0.389 e. The number of hydrogen-bond donors (Lipinski definition) is 1. The number of anilines is 2. The number of nitrogens with zero attached hydrogens (tertiary/aromatic N) is 5. The molecular weight excluding hydrogens is 382 g/mol. The molecule has 1 N–H and O–H groups in total. The van der Waals surface area contributed by atoms with Crippen molar-refractivity contribution in [1.29, 1.82) is 0 Å². The number of fused-ring (bicyclic) bond motifs is 3. The number of aliphatic hydroxyl groups is 1. The highest BCUT2D eigenvalue weighted by Crippen LogP contribution is 2.30. The number of rotatable bonds is 3. The fourth-order valence-electron chi connectivity index (χ4n) is 4.03. The average molecular weight is 403 g/mol. The van der Waals surface area contributed by atoms with E-state index in [0.29, 0.717) is 23.7 Å². The van der Waals surface area contributed by atoms with Gasteiger partial charge in [-0.2, -0.15) is 4.98 Å². The van der Waals surface area contributed by atoms with Crippen LogP contribution in [-0.2, 0) is 20.1 Å². The summed E-state index contributed by atoms with van der Waals surface area (Å²) in [5.74, 6) is 0.547. The van der Waals surface area contributed by atoms with Gasteiger partial charge >= 0.3 is 5.69 Å². The molecule has 3 heterocycles. The monoisotopic (exact) mass is 403 g/mol. The summed E-state index contributed by atoms with van der Waals surface area (Å²) in [4.78, 5) is 32.8. The zero-order valence-corrected chi connectivity index (χ0v) is 16.5. The number of hydrogen-bond acceptors (Lipinski definition) is 5. The summed E-state index contributed by atoms with van der Waals surface area (Å²) in [5.41, 5.74) is 1.54. The quantitative estimate of drug-likeness (QED) is 0.560. The Hall–Kier alpha value is -3.65. The molecule has 0 bridgehead atoms. The van der Waals surface area contributed by atoms with Gasteiger partial charge in [-0.25, -0.2) is 4.79 Å². The Balaban J connectivity index is 1.74. The summed E-state index contributed by atoms with van der Waals surface area (Å²) in [6.07, 6.45) is -0.672. The van der Waals surface area contributed by atoms with Crippen molar-refractivity contribution in [1.82, 2.24) is 18.7 Å². The van der Waals surface area contributed by atoms with E-state index < -0.39 is 17.4 Å². The molecule has 5 rings (SSSR count). The fraction of sp³-hybridized carbons (Fsp3) is 0.227. The van der Waals surface area contributed by atoms with Gasteiger partial charge in [0.1, 0.15) is 0 Å². The van der Waals surface area contributed by atoms with Gasteiger partial charge in [0, 0.05) is 12.7 Å². The molecule has 1 atom stereocenters. The summed E-state index contributed by atoms with van der Waals surface area (Å²) >= 11 is 0. The Bertz CT molecular complexity index is 1340. The maximum absolute atomic E-state index is 13.4. The van der Waals surface area contributed by atoms with Crippen LogP contribution in [0.15, 0.2) is 70.3 Å². The first-order chi connectivity index (χ1) is 14.5. The van der Waals surface area contributed by atoms with Crippen LogP contribution in [0.4, 0.5) is 11.6 Å². The van der Waals surface area contributed by atoms with Crippen molar-refractivity contribution in [2.45, 2.75) is 19.2 Å². The van der Waals surface area contributed by atoms with Gasteiger partial charge in [0.05, 0.1) is 25.7 Å². The van der Waals surface area contributed by atoms with Gasteiger partial charge in [-0.1, -0.05) is 48.5 Å². The molecule has 0 radical (unpaired) electrons. The number of benzene rings is 2. The van der Waals surface area contributed by atoms with E-state index in [1.807, 2.05) is 65.6 Å². The average Bonchev–Trinajstić information content (AvgIpc) is 3.15. The highest BCUT2D eigenvalue weighted by atomic mass is 16.3. The van der Waals surface area contributed by atoms with Crippen LogP contribution < -0.4 is 16.1 Å². The van der Waals surface area contributed by atoms with Crippen molar-refractivity contribution in [2.24, 2.45) is 7.05 Å². The molecule has 0 fully saturated rings. The van der Waals surface area contributed by atoms with E-state index in [9.17, 15) is 14.7 Å². The molecule has 4 aromatic rings. The second-order valence-electron chi connectivity index (χ2n) is 7.51. The van der Waals surface area contributed by atoms with E-state index in [1.165, 1.54) is 9.13 Å². The van der Waals surface area contributed by atoms with E-state index in [2.05, 4.69) is 4.98 Å². The van der Waals surface area contributed by atoms with Gasteiger partial charge in [0.2, 0.25) is 5.95 Å². The van der Waals surface area contributed by atoms with Gasteiger partial charge in [-0.15, -0.1) is 0 Å². The molecule has 0 aliphatic carbocycles. The standard InChI is InChI=1S/C22H21N5O3/c1-24-19-18(20(29)27(22(24)30)12-15-8-4-2-5-9-15)26-14-17(28)13-25(21(26)23-19)16-10-6-3-7-11-16/h2-11,17,28H,12-14H2,1H3/t17-/m1/s1. The first-order valence-electron chi connectivity index (χ1n) is 9.79. The van der Waals surface area contributed by atoms with Gasteiger partial charge in [0.15, 0.2) is 11.2 Å². The van der Waals surface area contributed by atoms with E-state index in [1.54, 1.807) is 11.6 Å². The van der Waals surface area contributed by atoms with Crippen molar-refractivity contribution in [3.8, 4) is 0 Å². The highest BCUT2D eigenvalue weighted by Gasteiger charge is 2.30. The second kappa shape index (κ2) is 7.00. The Morgan fingerprint density at radius 3 is 2.37 bits per heavy atom. The maximum Gasteiger partial charge on any atom is 0.332 e. The van der Waals surface area contributed by atoms with E-state index in [4.69, 9.17) is 0 Å². The fourth-order valence-corrected chi connectivity index (χ4v) is 4.03. The Morgan fingerprint density at radius 1 is 1.00 bits per heavy atom. The zero-order valence-electron chi connectivity index (χ0n) is 16.5. The Labute approximate surface area is 171 Å². The van der Waals surface area contributed by atoms with Crippen molar-refractivity contribution in [3.63, 3.8) is 0 Å².